The predicted octanol–water partition coefficient (Wildman–Crippen LogP) is 1.30. The van der Waals surface area contributed by atoms with Gasteiger partial charge >= 0.3 is 5.97 Å². The lowest BCUT2D eigenvalue weighted by atomic mass is 10.3. The van der Waals surface area contributed by atoms with Gasteiger partial charge in [0.1, 0.15) is 12.3 Å². The third-order valence-corrected chi connectivity index (χ3v) is 2.66. The monoisotopic (exact) mass is 250 g/mol. The number of hydrogen-bond acceptors (Lipinski definition) is 4. The molecule has 96 valence electrons. The lowest BCUT2D eigenvalue weighted by Gasteiger charge is -2.04. The van der Waals surface area contributed by atoms with Gasteiger partial charge < -0.3 is 19.1 Å². The topological polar surface area (TPSA) is 73.6 Å². The molecule has 0 unspecified atom stereocenters. The van der Waals surface area contributed by atoms with E-state index in [0.717, 1.165) is 10.9 Å². The number of carboxylic acid groups (broad SMARTS) is 1. The fourth-order valence-electron chi connectivity index (χ4n) is 1.73. The number of rotatable bonds is 5. The van der Waals surface area contributed by atoms with Crippen molar-refractivity contribution in [3.05, 3.63) is 24.0 Å². The van der Waals surface area contributed by atoms with Gasteiger partial charge in [-0.15, -0.1) is 0 Å². The van der Waals surface area contributed by atoms with Gasteiger partial charge in [0, 0.05) is 25.6 Å². The van der Waals surface area contributed by atoms with Crippen LogP contribution in [-0.2, 0) is 11.8 Å². The number of carboxylic acids is 1. The summed E-state index contributed by atoms with van der Waals surface area (Å²) in [6.07, 6.45) is 1.60. The van der Waals surface area contributed by atoms with Gasteiger partial charge in [-0.3, -0.25) is 0 Å². The normalized spacial score (nSPS) is 10.8. The van der Waals surface area contributed by atoms with Crippen molar-refractivity contribution in [3.63, 3.8) is 0 Å². The highest BCUT2D eigenvalue weighted by Gasteiger charge is 2.12. The number of hydrogen-bond donors (Lipinski definition) is 1. The number of fused-ring (bicyclic) bond motifs is 1. The molecule has 2 aromatic rings. The summed E-state index contributed by atoms with van der Waals surface area (Å²) in [5, 5.41) is 9.81. The first-order chi connectivity index (χ1) is 8.63. The summed E-state index contributed by atoms with van der Waals surface area (Å²) in [6.45, 7) is 0.891. The van der Waals surface area contributed by atoms with Gasteiger partial charge in [-0.05, 0) is 6.07 Å². The average Bonchev–Trinajstić information content (AvgIpc) is 2.67. The molecule has 0 fully saturated rings. The maximum atomic E-state index is 11.0. The summed E-state index contributed by atoms with van der Waals surface area (Å²) in [5.41, 5.74) is 0.979. The molecule has 0 aliphatic heterocycles. The highest BCUT2D eigenvalue weighted by molar-refractivity contribution is 5.94. The van der Waals surface area contributed by atoms with Crippen LogP contribution in [0.4, 0.5) is 0 Å². The Bertz CT molecular complexity index is 577. The summed E-state index contributed by atoms with van der Waals surface area (Å²) >= 11 is 0. The Morgan fingerprint density at radius 3 is 2.89 bits per heavy atom. The molecule has 0 aliphatic carbocycles. The molecule has 2 aromatic heterocycles. The molecular formula is C12H14N2O4. The van der Waals surface area contributed by atoms with Gasteiger partial charge in [-0.25, -0.2) is 9.78 Å². The van der Waals surface area contributed by atoms with Gasteiger partial charge in [0.25, 0.3) is 0 Å². The van der Waals surface area contributed by atoms with E-state index < -0.39 is 5.97 Å². The lowest BCUT2D eigenvalue weighted by molar-refractivity contribution is 0.0687. The molecule has 0 aromatic carbocycles. The fourth-order valence-corrected chi connectivity index (χ4v) is 1.73. The van der Waals surface area contributed by atoms with Crippen LogP contribution < -0.4 is 4.74 Å². The van der Waals surface area contributed by atoms with Crippen molar-refractivity contribution in [1.82, 2.24) is 9.55 Å². The van der Waals surface area contributed by atoms with E-state index in [1.54, 1.807) is 37.1 Å². The lowest BCUT2D eigenvalue weighted by Crippen LogP contribution is -2.05. The van der Waals surface area contributed by atoms with Crippen molar-refractivity contribution in [1.29, 1.82) is 0 Å². The van der Waals surface area contributed by atoms with Gasteiger partial charge in [-0.2, -0.15) is 0 Å². The number of ether oxygens (including phenoxy) is 2. The van der Waals surface area contributed by atoms with Crippen molar-refractivity contribution < 1.29 is 19.4 Å². The van der Waals surface area contributed by atoms with E-state index in [1.165, 1.54) is 0 Å². The molecule has 1 N–H and O–H groups in total. The van der Waals surface area contributed by atoms with Crippen LogP contribution in [0.3, 0.4) is 0 Å². The minimum atomic E-state index is -0.962. The number of methoxy groups -OCH3 is 1. The van der Waals surface area contributed by atoms with Crippen LogP contribution in [0.15, 0.2) is 18.3 Å². The molecular weight excluding hydrogens is 236 g/mol. The van der Waals surface area contributed by atoms with Crippen molar-refractivity contribution in [3.8, 4) is 5.88 Å². The Balaban J connectivity index is 2.31. The van der Waals surface area contributed by atoms with E-state index in [4.69, 9.17) is 14.6 Å². The zero-order chi connectivity index (χ0) is 13.1. The Morgan fingerprint density at radius 1 is 1.44 bits per heavy atom. The summed E-state index contributed by atoms with van der Waals surface area (Å²) in [4.78, 5) is 15.1. The maximum Gasteiger partial charge on any atom is 0.352 e. The quantitative estimate of drug-likeness (QED) is 0.809. The second-order valence-electron chi connectivity index (χ2n) is 3.82. The number of aromatic nitrogens is 2. The zero-order valence-electron chi connectivity index (χ0n) is 10.2. The molecule has 0 bridgehead atoms. The fraction of sp³-hybridized carbons (Fsp3) is 0.333. The summed E-state index contributed by atoms with van der Waals surface area (Å²) in [7, 11) is 3.29. The van der Waals surface area contributed by atoms with Crippen LogP contribution >= 0.6 is 0 Å². The van der Waals surface area contributed by atoms with Crippen molar-refractivity contribution >= 4 is 16.9 Å². The first-order valence-electron chi connectivity index (χ1n) is 5.44. The maximum absolute atomic E-state index is 11.0. The van der Waals surface area contributed by atoms with Crippen LogP contribution in [0.2, 0.25) is 0 Å². The molecule has 0 radical (unpaired) electrons. The number of aromatic carboxylic acids is 1. The summed E-state index contributed by atoms with van der Waals surface area (Å²) in [5.74, 6) is -0.502. The van der Waals surface area contributed by atoms with Crippen LogP contribution in [0.25, 0.3) is 10.9 Å². The number of nitrogens with zero attached hydrogens (tertiary/aromatic N) is 2. The second kappa shape index (κ2) is 5.05. The molecule has 2 heterocycles. The van der Waals surface area contributed by atoms with Crippen LogP contribution in [0, 0.1) is 0 Å². The van der Waals surface area contributed by atoms with Crippen LogP contribution in [0.1, 0.15) is 10.5 Å². The molecule has 0 amide bonds. The Labute approximate surface area is 104 Å². The van der Waals surface area contributed by atoms with E-state index in [0.29, 0.717) is 19.1 Å². The smallest absolute Gasteiger partial charge is 0.352 e. The Hall–Kier alpha value is -2.08. The minimum absolute atomic E-state index is 0.223. The molecule has 0 spiro atoms. The number of pyridine rings is 1. The van der Waals surface area contributed by atoms with E-state index in [9.17, 15) is 4.79 Å². The van der Waals surface area contributed by atoms with Crippen molar-refractivity contribution in [2.24, 2.45) is 7.05 Å². The van der Waals surface area contributed by atoms with Gasteiger partial charge in [-0.1, -0.05) is 0 Å². The van der Waals surface area contributed by atoms with E-state index in [1.807, 2.05) is 0 Å². The molecule has 6 nitrogen and oxygen atoms in total. The van der Waals surface area contributed by atoms with E-state index in [-0.39, 0.29) is 5.69 Å². The largest absolute Gasteiger partial charge is 0.477 e. The second-order valence-corrected chi connectivity index (χ2v) is 3.82. The highest BCUT2D eigenvalue weighted by atomic mass is 16.5. The van der Waals surface area contributed by atoms with Crippen LogP contribution in [0.5, 0.6) is 5.88 Å². The Kier molecular flexibility index (Phi) is 3.47. The zero-order valence-corrected chi connectivity index (χ0v) is 10.2. The minimum Gasteiger partial charge on any atom is -0.477 e. The van der Waals surface area contributed by atoms with Gasteiger partial charge in [0.2, 0.25) is 5.88 Å². The van der Waals surface area contributed by atoms with Gasteiger partial charge in [0.05, 0.1) is 18.3 Å². The van der Waals surface area contributed by atoms with E-state index >= 15 is 0 Å². The summed E-state index contributed by atoms with van der Waals surface area (Å²) in [6, 6.07) is 3.32. The molecule has 0 aliphatic rings. The van der Waals surface area contributed by atoms with Crippen LogP contribution in [-0.4, -0.2) is 41.0 Å². The molecule has 0 atom stereocenters. The van der Waals surface area contributed by atoms with E-state index in [2.05, 4.69) is 4.98 Å². The molecule has 18 heavy (non-hydrogen) atoms. The SMILES string of the molecule is COCCOc1cc2cc(C(=O)O)n(C)c2cn1. The van der Waals surface area contributed by atoms with Gasteiger partial charge in [0.15, 0.2) is 0 Å². The average molecular weight is 250 g/mol. The van der Waals surface area contributed by atoms with Crippen molar-refractivity contribution in [2.45, 2.75) is 0 Å². The number of carbonyl (C=O) groups is 1. The number of aryl methyl sites for hydroxylation is 1. The summed E-state index contributed by atoms with van der Waals surface area (Å²) < 4.78 is 11.8. The molecule has 0 saturated heterocycles. The highest BCUT2D eigenvalue weighted by Crippen LogP contribution is 2.21. The molecule has 0 saturated carbocycles. The standard InChI is InChI=1S/C12H14N2O4/c1-14-9(12(15)16)5-8-6-11(13-7-10(8)14)18-4-3-17-2/h5-7H,3-4H2,1-2H3,(H,15,16). The molecule has 2 rings (SSSR count). The van der Waals surface area contributed by atoms with Crippen molar-refractivity contribution in [2.75, 3.05) is 20.3 Å². The predicted molar refractivity (Wildman–Crippen MR) is 65.0 cm³/mol. The molecule has 6 heteroatoms. The Morgan fingerprint density at radius 2 is 2.22 bits per heavy atom. The first kappa shape index (κ1) is 12.4. The first-order valence-corrected chi connectivity index (χ1v) is 5.44. The third kappa shape index (κ3) is 2.28. The third-order valence-electron chi connectivity index (χ3n) is 2.66.